The number of hydrogen-bond donors (Lipinski definition) is 7. The van der Waals surface area contributed by atoms with E-state index in [-0.39, 0.29) is 18.6 Å². The fourth-order valence-corrected chi connectivity index (χ4v) is 3.51. The molecule has 0 saturated heterocycles. The monoisotopic (exact) mass is 513 g/mol. The summed E-state index contributed by atoms with van der Waals surface area (Å²) in [5.74, 6) is -3.80. The summed E-state index contributed by atoms with van der Waals surface area (Å²) in [5.41, 5.74) is 11.5. The molecule has 34 heavy (non-hydrogen) atoms. The lowest BCUT2D eigenvalue weighted by Crippen LogP contribution is -2.58. The molecule has 0 aliphatic carbocycles. The molecule has 4 unspecified atom stereocenters. The van der Waals surface area contributed by atoms with Crippen LogP contribution in [0.3, 0.4) is 0 Å². The van der Waals surface area contributed by atoms with Crippen molar-refractivity contribution in [1.82, 2.24) is 16.0 Å². The minimum Gasteiger partial charge on any atom is -0.480 e. The Balaban J connectivity index is 3.06. The Hall–Kier alpha value is -2.77. The normalized spacial score (nSPS) is 14.2. The first kappa shape index (κ1) is 29.3. The van der Waals surface area contributed by atoms with Crippen molar-refractivity contribution < 1.29 is 29.1 Å². The van der Waals surface area contributed by atoms with E-state index in [2.05, 4.69) is 28.6 Å². The highest BCUT2D eigenvalue weighted by Gasteiger charge is 2.30. The molecule has 0 bridgehead atoms. The highest BCUT2D eigenvalue weighted by atomic mass is 32.2. The molecule has 4 atom stereocenters. The molecule has 0 aromatic heterocycles. The van der Waals surface area contributed by atoms with Crippen molar-refractivity contribution in [3.63, 3.8) is 0 Å². The third kappa shape index (κ3) is 10.4. The maximum absolute atomic E-state index is 13.1. The second kappa shape index (κ2) is 15.2. The van der Waals surface area contributed by atoms with E-state index in [1.54, 1.807) is 30.5 Å². The molecular formula is C21H31N5O6S2. The Morgan fingerprint density at radius 1 is 0.971 bits per heavy atom. The molecule has 0 heterocycles. The number of hydrogen-bond acceptors (Lipinski definition) is 8. The third-order valence-corrected chi connectivity index (χ3v) is 5.75. The van der Waals surface area contributed by atoms with E-state index in [9.17, 15) is 29.1 Å². The first-order valence-electron chi connectivity index (χ1n) is 10.4. The largest absolute Gasteiger partial charge is 0.480 e. The topological polar surface area (TPSA) is 194 Å². The number of carboxylic acid groups (broad SMARTS) is 1. The van der Waals surface area contributed by atoms with E-state index >= 15 is 0 Å². The molecule has 0 spiro atoms. The number of benzene rings is 1. The lowest BCUT2D eigenvalue weighted by atomic mass is 10.0. The van der Waals surface area contributed by atoms with Gasteiger partial charge in [0.1, 0.15) is 18.1 Å². The molecule has 13 heteroatoms. The van der Waals surface area contributed by atoms with E-state index in [1.165, 1.54) is 11.8 Å². The van der Waals surface area contributed by atoms with E-state index in [0.717, 1.165) is 5.56 Å². The predicted molar refractivity (Wildman–Crippen MR) is 132 cm³/mol. The standard InChI is InChI=1S/C21H31N5O6S2/c1-34-8-7-14(19(29)26-16(21(31)32)10-17(23)27)24-20(30)15(25-18(28)13(22)11-33)9-12-5-3-2-4-6-12/h2-6,13-16,33H,7-11,22H2,1H3,(H2,23,27)(H,24,30)(H,25,28)(H,26,29)(H,31,32). The van der Waals surface area contributed by atoms with Gasteiger partial charge in [0.15, 0.2) is 0 Å². The van der Waals surface area contributed by atoms with E-state index < -0.39 is 60.2 Å². The summed E-state index contributed by atoms with van der Waals surface area (Å²) < 4.78 is 0. The van der Waals surface area contributed by atoms with Crippen molar-refractivity contribution in [3.8, 4) is 0 Å². The first-order chi connectivity index (χ1) is 16.1. The molecule has 11 nitrogen and oxygen atoms in total. The summed E-state index contributed by atoms with van der Waals surface area (Å²) in [6, 6.07) is 4.31. The van der Waals surface area contributed by atoms with E-state index in [4.69, 9.17) is 11.5 Å². The molecule has 0 aliphatic rings. The molecule has 1 rings (SSSR count). The summed E-state index contributed by atoms with van der Waals surface area (Å²) in [6.07, 6.45) is 1.53. The zero-order valence-corrected chi connectivity index (χ0v) is 20.4. The fraction of sp³-hybridized carbons (Fsp3) is 0.476. The van der Waals surface area contributed by atoms with E-state index in [1.807, 2.05) is 6.07 Å². The molecule has 0 aliphatic heterocycles. The number of carboxylic acids is 1. The highest BCUT2D eigenvalue weighted by molar-refractivity contribution is 7.98. The molecule has 4 amide bonds. The summed E-state index contributed by atoms with van der Waals surface area (Å²) >= 11 is 5.42. The van der Waals surface area contributed by atoms with Gasteiger partial charge in [0, 0.05) is 12.2 Å². The number of carbonyl (C=O) groups excluding carboxylic acids is 4. The number of primary amides is 1. The Kier molecular flexibility index (Phi) is 13.1. The number of thioether (sulfide) groups is 1. The van der Waals surface area contributed by atoms with Gasteiger partial charge in [0.05, 0.1) is 12.5 Å². The number of thiol groups is 1. The van der Waals surface area contributed by atoms with Crippen LogP contribution in [-0.4, -0.2) is 76.6 Å². The minimum absolute atomic E-state index is 0.0701. The van der Waals surface area contributed by atoms with Gasteiger partial charge in [-0.15, -0.1) is 0 Å². The molecule has 1 aromatic carbocycles. The lowest BCUT2D eigenvalue weighted by molar-refractivity contribution is -0.143. The summed E-state index contributed by atoms with van der Waals surface area (Å²) in [7, 11) is 0. The van der Waals surface area contributed by atoms with Crippen molar-refractivity contribution in [2.24, 2.45) is 11.5 Å². The molecular weight excluding hydrogens is 482 g/mol. The molecule has 0 radical (unpaired) electrons. The zero-order chi connectivity index (χ0) is 25.7. The van der Waals surface area contributed by atoms with Gasteiger partial charge in [-0.1, -0.05) is 30.3 Å². The minimum atomic E-state index is -1.54. The number of aliphatic carboxylic acids is 1. The smallest absolute Gasteiger partial charge is 0.326 e. The lowest BCUT2D eigenvalue weighted by Gasteiger charge is -2.25. The molecule has 0 saturated carbocycles. The van der Waals surface area contributed by atoms with Crippen molar-refractivity contribution in [2.45, 2.75) is 43.4 Å². The third-order valence-electron chi connectivity index (χ3n) is 4.71. The number of nitrogens with one attached hydrogen (secondary N) is 3. The maximum atomic E-state index is 13.1. The van der Waals surface area contributed by atoms with Gasteiger partial charge in [-0.05, 0) is 24.0 Å². The Labute approximate surface area is 207 Å². The van der Waals surface area contributed by atoms with Crippen LogP contribution in [0.2, 0.25) is 0 Å². The molecule has 8 N–H and O–H groups in total. The second-order valence-electron chi connectivity index (χ2n) is 7.45. The van der Waals surface area contributed by atoms with Gasteiger partial charge in [0.2, 0.25) is 23.6 Å². The quantitative estimate of drug-likeness (QED) is 0.140. The van der Waals surface area contributed by atoms with Crippen LogP contribution < -0.4 is 27.4 Å². The van der Waals surface area contributed by atoms with Crippen LogP contribution in [0, 0.1) is 0 Å². The average molecular weight is 514 g/mol. The van der Waals surface area contributed by atoms with Gasteiger partial charge >= 0.3 is 5.97 Å². The van der Waals surface area contributed by atoms with Gasteiger partial charge < -0.3 is 32.5 Å². The number of nitrogens with two attached hydrogens (primary N) is 2. The SMILES string of the molecule is CSCCC(NC(=O)C(Cc1ccccc1)NC(=O)C(N)CS)C(=O)NC(CC(N)=O)C(=O)O. The van der Waals surface area contributed by atoms with Gasteiger partial charge in [-0.3, -0.25) is 19.2 Å². The number of amides is 4. The zero-order valence-electron chi connectivity index (χ0n) is 18.7. The van der Waals surface area contributed by atoms with Crippen LogP contribution in [0.4, 0.5) is 0 Å². The van der Waals surface area contributed by atoms with E-state index in [0.29, 0.717) is 5.75 Å². The van der Waals surface area contributed by atoms with Crippen LogP contribution >= 0.6 is 24.4 Å². The molecule has 188 valence electrons. The fourth-order valence-electron chi connectivity index (χ4n) is 2.87. The van der Waals surface area contributed by atoms with Crippen LogP contribution in [0.25, 0.3) is 0 Å². The number of carbonyl (C=O) groups is 5. The van der Waals surface area contributed by atoms with Crippen molar-refractivity contribution >= 4 is 54.0 Å². The Bertz CT molecular complexity index is 857. The maximum Gasteiger partial charge on any atom is 0.326 e. The van der Waals surface area contributed by atoms with Gasteiger partial charge in [-0.25, -0.2) is 4.79 Å². The Morgan fingerprint density at radius 3 is 2.06 bits per heavy atom. The Morgan fingerprint density at radius 2 is 1.53 bits per heavy atom. The predicted octanol–water partition coefficient (Wildman–Crippen LogP) is -1.35. The van der Waals surface area contributed by atoms with Crippen molar-refractivity contribution in [3.05, 3.63) is 35.9 Å². The average Bonchev–Trinajstić information content (AvgIpc) is 2.80. The van der Waals surface area contributed by atoms with Crippen molar-refractivity contribution in [1.29, 1.82) is 0 Å². The van der Waals surface area contributed by atoms with Crippen LogP contribution in [0.5, 0.6) is 0 Å². The van der Waals surface area contributed by atoms with Gasteiger partial charge in [0.25, 0.3) is 0 Å². The summed E-state index contributed by atoms with van der Waals surface area (Å²) in [6.45, 7) is 0. The van der Waals surface area contributed by atoms with Crippen LogP contribution in [0.1, 0.15) is 18.4 Å². The summed E-state index contributed by atoms with van der Waals surface area (Å²) in [4.78, 5) is 60.7. The number of rotatable bonds is 15. The second-order valence-corrected chi connectivity index (χ2v) is 8.80. The highest BCUT2D eigenvalue weighted by Crippen LogP contribution is 2.07. The van der Waals surface area contributed by atoms with Crippen LogP contribution in [-0.2, 0) is 30.4 Å². The van der Waals surface area contributed by atoms with Crippen molar-refractivity contribution in [2.75, 3.05) is 17.8 Å². The summed E-state index contributed by atoms with van der Waals surface area (Å²) in [5, 5.41) is 16.7. The molecule has 1 aromatic rings. The first-order valence-corrected chi connectivity index (χ1v) is 12.4. The van der Waals surface area contributed by atoms with Crippen LogP contribution in [0.15, 0.2) is 30.3 Å². The van der Waals surface area contributed by atoms with Gasteiger partial charge in [-0.2, -0.15) is 24.4 Å². The molecule has 0 fully saturated rings.